The predicted molar refractivity (Wildman–Crippen MR) is 121 cm³/mol. The molecule has 0 saturated carbocycles. The summed E-state index contributed by atoms with van der Waals surface area (Å²) >= 11 is 2.71. The number of aryl methyl sites for hydroxylation is 1. The number of carbonyl (C=O) groups excluding carboxylic acids is 1. The molecular formula is C21H20N6OS2. The minimum Gasteiger partial charge on any atom is -0.302 e. The van der Waals surface area contributed by atoms with Gasteiger partial charge in [-0.05, 0) is 19.9 Å². The van der Waals surface area contributed by atoms with E-state index >= 15 is 0 Å². The molecule has 0 fully saturated rings. The number of nitrogens with one attached hydrogen (secondary N) is 1. The van der Waals surface area contributed by atoms with Gasteiger partial charge in [-0.1, -0.05) is 77.2 Å². The van der Waals surface area contributed by atoms with E-state index in [1.807, 2.05) is 66.9 Å². The molecule has 0 aliphatic carbocycles. The second-order valence-electron chi connectivity index (χ2n) is 6.54. The van der Waals surface area contributed by atoms with E-state index in [-0.39, 0.29) is 11.7 Å². The van der Waals surface area contributed by atoms with Gasteiger partial charge in [0.2, 0.25) is 11.0 Å². The largest absolute Gasteiger partial charge is 0.302 e. The summed E-state index contributed by atoms with van der Waals surface area (Å²) in [5.74, 6) is 0.867. The number of hydrogen-bond acceptors (Lipinski definition) is 7. The minimum absolute atomic E-state index is 0.154. The van der Waals surface area contributed by atoms with Crippen molar-refractivity contribution < 1.29 is 4.79 Å². The lowest BCUT2D eigenvalue weighted by Crippen LogP contribution is -2.14. The fourth-order valence-corrected chi connectivity index (χ4v) is 4.50. The van der Waals surface area contributed by atoms with Gasteiger partial charge in [0, 0.05) is 17.7 Å². The van der Waals surface area contributed by atoms with Crippen LogP contribution in [0.25, 0.3) is 22.0 Å². The first kappa shape index (κ1) is 20.2. The van der Waals surface area contributed by atoms with Crippen LogP contribution in [0.4, 0.5) is 5.13 Å². The maximum Gasteiger partial charge on any atom is 0.236 e. The fourth-order valence-electron chi connectivity index (χ4n) is 2.93. The van der Waals surface area contributed by atoms with Crippen molar-refractivity contribution in [2.75, 3.05) is 11.1 Å². The van der Waals surface area contributed by atoms with Gasteiger partial charge in [0.25, 0.3) is 0 Å². The zero-order valence-electron chi connectivity index (χ0n) is 16.6. The molecule has 4 rings (SSSR count). The van der Waals surface area contributed by atoms with E-state index < -0.39 is 0 Å². The minimum atomic E-state index is -0.154. The summed E-state index contributed by atoms with van der Waals surface area (Å²) in [5, 5.41) is 21.6. The van der Waals surface area contributed by atoms with Gasteiger partial charge in [0.15, 0.2) is 11.0 Å². The molecule has 0 atom stereocenters. The Morgan fingerprint density at radius 1 is 1.03 bits per heavy atom. The zero-order chi connectivity index (χ0) is 20.9. The third-order valence-electron chi connectivity index (χ3n) is 4.33. The molecule has 0 bridgehead atoms. The number of nitrogens with zero attached hydrogens (tertiary/aromatic N) is 5. The summed E-state index contributed by atoms with van der Waals surface area (Å²) in [6.45, 7) is 4.81. The van der Waals surface area contributed by atoms with Crippen LogP contribution in [0.15, 0.2) is 59.8 Å². The van der Waals surface area contributed by atoms with Crippen LogP contribution in [0.5, 0.6) is 0 Å². The average Bonchev–Trinajstić information content (AvgIpc) is 3.39. The highest BCUT2D eigenvalue weighted by molar-refractivity contribution is 7.99. The Balaban J connectivity index is 1.40. The van der Waals surface area contributed by atoms with Gasteiger partial charge in [-0.25, -0.2) is 0 Å². The summed E-state index contributed by atoms with van der Waals surface area (Å²) in [6, 6.07) is 17.9. The number of hydrogen-bond donors (Lipinski definition) is 1. The first-order valence-electron chi connectivity index (χ1n) is 9.46. The Hall–Kier alpha value is -3.04. The topological polar surface area (TPSA) is 85.6 Å². The number of benzene rings is 2. The van der Waals surface area contributed by atoms with E-state index in [1.54, 1.807) is 0 Å². The first-order valence-corrected chi connectivity index (χ1v) is 11.3. The molecule has 1 amide bonds. The lowest BCUT2D eigenvalue weighted by Gasteiger charge is -2.07. The SMILES string of the molecule is CCn1c(SCC(=O)Nc2nnc(-c3ccccc3)s2)nnc1-c1cccc(C)c1. The molecule has 0 saturated heterocycles. The molecule has 30 heavy (non-hydrogen) atoms. The Labute approximate surface area is 182 Å². The van der Waals surface area contributed by atoms with Crippen molar-refractivity contribution in [2.45, 2.75) is 25.5 Å². The van der Waals surface area contributed by atoms with Crippen molar-refractivity contribution >= 4 is 34.1 Å². The van der Waals surface area contributed by atoms with E-state index in [4.69, 9.17) is 0 Å². The molecule has 152 valence electrons. The maximum atomic E-state index is 12.4. The molecule has 0 aliphatic rings. The highest BCUT2D eigenvalue weighted by atomic mass is 32.2. The highest BCUT2D eigenvalue weighted by Crippen LogP contribution is 2.27. The van der Waals surface area contributed by atoms with Crippen molar-refractivity contribution in [3.05, 3.63) is 60.2 Å². The second-order valence-corrected chi connectivity index (χ2v) is 8.46. The highest BCUT2D eigenvalue weighted by Gasteiger charge is 2.16. The van der Waals surface area contributed by atoms with Crippen LogP contribution in [-0.2, 0) is 11.3 Å². The van der Waals surface area contributed by atoms with Crippen LogP contribution in [-0.4, -0.2) is 36.6 Å². The summed E-state index contributed by atoms with van der Waals surface area (Å²) in [7, 11) is 0. The third-order valence-corrected chi connectivity index (χ3v) is 6.19. The van der Waals surface area contributed by atoms with Gasteiger partial charge in [-0.3, -0.25) is 10.1 Å². The number of amides is 1. The molecule has 0 unspecified atom stereocenters. The van der Waals surface area contributed by atoms with Gasteiger partial charge >= 0.3 is 0 Å². The molecule has 0 aliphatic heterocycles. The number of carbonyl (C=O) groups is 1. The van der Waals surface area contributed by atoms with Gasteiger partial charge < -0.3 is 4.57 Å². The number of thioether (sulfide) groups is 1. The first-order chi connectivity index (χ1) is 14.6. The molecule has 2 heterocycles. The quantitative estimate of drug-likeness (QED) is 0.429. The van der Waals surface area contributed by atoms with Crippen molar-refractivity contribution in [1.29, 1.82) is 0 Å². The maximum absolute atomic E-state index is 12.4. The van der Waals surface area contributed by atoms with E-state index in [0.29, 0.717) is 10.3 Å². The van der Waals surface area contributed by atoms with Crippen LogP contribution in [0, 0.1) is 6.92 Å². The van der Waals surface area contributed by atoms with E-state index in [1.165, 1.54) is 28.7 Å². The van der Waals surface area contributed by atoms with Crippen LogP contribution in [0.3, 0.4) is 0 Å². The van der Waals surface area contributed by atoms with E-state index in [0.717, 1.165) is 28.5 Å². The van der Waals surface area contributed by atoms with E-state index in [2.05, 4.69) is 31.8 Å². The van der Waals surface area contributed by atoms with Crippen LogP contribution in [0.2, 0.25) is 0 Å². The molecule has 2 aromatic carbocycles. The third kappa shape index (κ3) is 4.58. The second kappa shape index (κ2) is 9.19. The molecule has 0 spiro atoms. The Kier molecular flexibility index (Phi) is 6.20. The summed E-state index contributed by atoms with van der Waals surface area (Å²) in [5.41, 5.74) is 3.16. The smallest absolute Gasteiger partial charge is 0.236 e. The monoisotopic (exact) mass is 436 g/mol. The van der Waals surface area contributed by atoms with Crippen molar-refractivity contribution in [2.24, 2.45) is 0 Å². The molecule has 4 aromatic rings. The average molecular weight is 437 g/mol. The predicted octanol–water partition coefficient (Wildman–Crippen LogP) is 4.52. The molecule has 1 N–H and O–H groups in total. The molecule has 2 aromatic heterocycles. The number of aromatic nitrogens is 5. The van der Waals surface area contributed by atoms with Crippen molar-refractivity contribution in [3.63, 3.8) is 0 Å². The van der Waals surface area contributed by atoms with Gasteiger partial charge in [0.05, 0.1) is 5.75 Å². The van der Waals surface area contributed by atoms with Crippen LogP contribution >= 0.6 is 23.1 Å². The standard InChI is InChI=1S/C21H20N6OS2/c1-3-27-18(16-11-7-8-14(2)12-16)23-26-21(27)29-13-17(28)22-20-25-24-19(30-20)15-9-5-4-6-10-15/h4-12H,3,13H2,1-2H3,(H,22,25,28). The van der Waals surface area contributed by atoms with Gasteiger partial charge in [0.1, 0.15) is 5.01 Å². The van der Waals surface area contributed by atoms with Gasteiger partial charge in [-0.15, -0.1) is 20.4 Å². The van der Waals surface area contributed by atoms with E-state index in [9.17, 15) is 4.79 Å². The normalized spacial score (nSPS) is 10.9. The van der Waals surface area contributed by atoms with Gasteiger partial charge in [-0.2, -0.15) is 0 Å². The fraction of sp³-hybridized carbons (Fsp3) is 0.190. The molecular weight excluding hydrogens is 416 g/mol. The zero-order valence-corrected chi connectivity index (χ0v) is 18.2. The number of anilines is 1. The van der Waals surface area contributed by atoms with Crippen LogP contribution in [0.1, 0.15) is 12.5 Å². The Morgan fingerprint density at radius 3 is 2.60 bits per heavy atom. The summed E-state index contributed by atoms with van der Waals surface area (Å²) < 4.78 is 2.02. The van der Waals surface area contributed by atoms with Crippen molar-refractivity contribution in [1.82, 2.24) is 25.0 Å². The Bertz CT molecular complexity index is 1160. The summed E-state index contributed by atoms with van der Waals surface area (Å²) in [6.07, 6.45) is 0. The molecule has 9 heteroatoms. The summed E-state index contributed by atoms with van der Waals surface area (Å²) in [4.78, 5) is 12.4. The van der Waals surface area contributed by atoms with Crippen LogP contribution < -0.4 is 5.32 Å². The molecule has 7 nitrogen and oxygen atoms in total. The Morgan fingerprint density at radius 2 is 1.83 bits per heavy atom. The molecule has 0 radical (unpaired) electrons. The lowest BCUT2D eigenvalue weighted by atomic mass is 10.1. The van der Waals surface area contributed by atoms with Crippen molar-refractivity contribution in [3.8, 4) is 22.0 Å². The number of rotatable bonds is 7. The lowest BCUT2D eigenvalue weighted by molar-refractivity contribution is -0.113.